The van der Waals surface area contributed by atoms with Gasteiger partial charge in [-0.1, -0.05) is 0 Å². The average molecular weight is 423 g/mol. The van der Waals surface area contributed by atoms with Gasteiger partial charge in [0.15, 0.2) is 11.5 Å². The van der Waals surface area contributed by atoms with E-state index in [1.54, 1.807) is 25.1 Å². The second-order valence-corrected chi connectivity index (χ2v) is 7.62. The summed E-state index contributed by atoms with van der Waals surface area (Å²) < 4.78 is 48.4. The van der Waals surface area contributed by atoms with Gasteiger partial charge in [0, 0.05) is 6.07 Å². The number of rotatable bonds is 10. The summed E-state index contributed by atoms with van der Waals surface area (Å²) in [6.45, 7) is 3.61. The number of esters is 1. The van der Waals surface area contributed by atoms with Gasteiger partial charge in [-0.3, -0.25) is 9.10 Å². The topological polar surface area (TPSA) is 91.4 Å². The van der Waals surface area contributed by atoms with Crippen molar-refractivity contribution in [3.05, 3.63) is 42.5 Å². The molecule has 0 spiro atoms. The smallest absolute Gasteiger partial charge is 0.326 e. The molecule has 0 amide bonds. The Morgan fingerprint density at radius 1 is 0.931 bits per heavy atom. The van der Waals surface area contributed by atoms with Crippen LogP contribution in [0.25, 0.3) is 0 Å². The number of ether oxygens (including phenoxy) is 4. The Hall–Kier alpha value is -2.94. The number of hydrogen-bond acceptors (Lipinski definition) is 7. The molecule has 158 valence electrons. The highest BCUT2D eigenvalue weighted by molar-refractivity contribution is 7.92. The first kappa shape index (κ1) is 22.4. The van der Waals surface area contributed by atoms with Gasteiger partial charge < -0.3 is 18.9 Å². The number of carbonyl (C=O) groups is 1. The molecule has 29 heavy (non-hydrogen) atoms. The van der Waals surface area contributed by atoms with Crippen molar-refractivity contribution in [2.24, 2.45) is 0 Å². The number of anilines is 1. The quantitative estimate of drug-likeness (QED) is 0.543. The lowest BCUT2D eigenvalue weighted by molar-refractivity contribution is -0.141. The van der Waals surface area contributed by atoms with Gasteiger partial charge in [0.25, 0.3) is 10.0 Å². The Morgan fingerprint density at radius 3 is 2.14 bits per heavy atom. The minimum atomic E-state index is -4.06. The van der Waals surface area contributed by atoms with Crippen molar-refractivity contribution >= 4 is 21.7 Å². The van der Waals surface area contributed by atoms with E-state index in [9.17, 15) is 13.2 Å². The van der Waals surface area contributed by atoms with Crippen LogP contribution in [0.4, 0.5) is 5.69 Å². The number of carbonyl (C=O) groups excluding carboxylic acids is 1. The third-order valence-electron chi connectivity index (χ3n) is 3.96. The van der Waals surface area contributed by atoms with Crippen molar-refractivity contribution in [3.63, 3.8) is 0 Å². The van der Waals surface area contributed by atoms with Crippen molar-refractivity contribution in [3.8, 4) is 17.2 Å². The highest BCUT2D eigenvalue weighted by Crippen LogP contribution is 2.34. The summed E-state index contributed by atoms with van der Waals surface area (Å²) >= 11 is 0. The molecule has 0 fully saturated rings. The fourth-order valence-electron chi connectivity index (χ4n) is 2.62. The first-order valence-corrected chi connectivity index (χ1v) is 10.4. The van der Waals surface area contributed by atoms with Crippen LogP contribution in [-0.4, -0.2) is 48.4 Å². The fraction of sp³-hybridized carbons (Fsp3) is 0.350. The van der Waals surface area contributed by atoms with Crippen LogP contribution >= 0.6 is 0 Å². The molecule has 8 nitrogen and oxygen atoms in total. The lowest BCUT2D eigenvalue weighted by atomic mass is 10.2. The molecule has 2 aromatic carbocycles. The Labute approximate surface area is 171 Å². The standard InChI is InChI=1S/C20H25NO7S/c1-5-27-16-8-10-17(11-9-16)29(23,24)21(14-20(22)28-6-2)15-7-12-18(25-3)19(13-15)26-4/h7-13H,5-6,14H2,1-4H3. The zero-order valence-corrected chi connectivity index (χ0v) is 17.7. The number of nitrogens with zero attached hydrogens (tertiary/aromatic N) is 1. The van der Waals surface area contributed by atoms with E-state index in [0.29, 0.717) is 23.9 Å². The first-order chi connectivity index (χ1) is 13.9. The molecular weight excluding hydrogens is 398 g/mol. The molecule has 2 rings (SSSR count). The minimum absolute atomic E-state index is 0.0139. The van der Waals surface area contributed by atoms with E-state index >= 15 is 0 Å². The third kappa shape index (κ3) is 5.32. The van der Waals surface area contributed by atoms with E-state index < -0.39 is 22.5 Å². The zero-order valence-electron chi connectivity index (χ0n) is 16.9. The van der Waals surface area contributed by atoms with Gasteiger partial charge in [-0.15, -0.1) is 0 Å². The van der Waals surface area contributed by atoms with Gasteiger partial charge >= 0.3 is 5.97 Å². The minimum Gasteiger partial charge on any atom is -0.494 e. The maximum absolute atomic E-state index is 13.3. The van der Waals surface area contributed by atoms with Crippen LogP contribution < -0.4 is 18.5 Å². The molecule has 0 atom stereocenters. The van der Waals surface area contributed by atoms with Crippen LogP contribution in [0.1, 0.15) is 13.8 Å². The Morgan fingerprint density at radius 2 is 1.59 bits per heavy atom. The van der Waals surface area contributed by atoms with E-state index in [0.717, 1.165) is 4.31 Å². The maximum Gasteiger partial charge on any atom is 0.326 e. The summed E-state index contributed by atoms with van der Waals surface area (Å²) in [6, 6.07) is 10.6. The van der Waals surface area contributed by atoms with E-state index in [1.807, 2.05) is 6.92 Å². The molecule has 0 heterocycles. The Balaban J connectivity index is 2.50. The second kappa shape index (κ2) is 10.0. The highest BCUT2D eigenvalue weighted by atomic mass is 32.2. The number of benzene rings is 2. The van der Waals surface area contributed by atoms with Crippen molar-refractivity contribution in [2.45, 2.75) is 18.7 Å². The predicted octanol–water partition coefficient (Wildman–Crippen LogP) is 2.86. The van der Waals surface area contributed by atoms with Gasteiger partial charge in [-0.2, -0.15) is 0 Å². The lowest BCUT2D eigenvalue weighted by Crippen LogP contribution is -2.36. The van der Waals surface area contributed by atoms with Crippen molar-refractivity contribution in [1.82, 2.24) is 0 Å². The summed E-state index contributed by atoms with van der Waals surface area (Å²) in [4.78, 5) is 12.1. The second-order valence-electron chi connectivity index (χ2n) is 5.76. The van der Waals surface area contributed by atoms with Crippen LogP contribution in [0.15, 0.2) is 47.4 Å². The maximum atomic E-state index is 13.3. The zero-order chi connectivity index (χ0) is 21.4. The molecule has 0 N–H and O–H groups in total. The largest absolute Gasteiger partial charge is 0.494 e. The summed E-state index contributed by atoms with van der Waals surface area (Å²) in [7, 11) is -1.14. The lowest BCUT2D eigenvalue weighted by Gasteiger charge is -2.24. The summed E-state index contributed by atoms with van der Waals surface area (Å²) in [5.41, 5.74) is 0.240. The van der Waals surface area contributed by atoms with E-state index in [2.05, 4.69) is 0 Å². The monoisotopic (exact) mass is 423 g/mol. The molecule has 0 saturated carbocycles. The third-order valence-corrected chi connectivity index (χ3v) is 5.74. The normalized spacial score (nSPS) is 10.9. The number of methoxy groups -OCH3 is 2. The molecule has 2 aromatic rings. The molecule has 0 saturated heterocycles. The molecule has 0 bridgehead atoms. The Bertz CT molecular complexity index is 926. The molecule has 0 aromatic heterocycles. The molecule has 0 unspecified atom stereocenters. The van der Waals surface area contributed by atoms with E-state index in [1.165, 1.54) is 38.5 Å². The van der Waals surface area contributed by atoms with E-state index in [-0.39, 0.29) is 17.2 Å². The van der Waals surface area contributed by atoms with Crippen molar-refractivity contribution in [2.75, 3.05) is 38.3 Å². The predicted molar refractivity (Wildman–Crippen MR) is 108 cm³/mol. The summed E-state index contributed by atoms with van der Waals surface area (Å²) in [6.07, 6.45) is 0. The molecule has 0 aliphatic heterocycles. The first-order valence-electron chi connectivity index (χ1n) is 9.00. The van der Waals surface area contributed by atoms with Gasteiger partial charge in [-0.05, 0) is 50.2 Å². The molecule has 0 aliphatic carbocycles. The Kier molecular flexibility index (Phi) is 7.72. The van der Waals surface area contributed by atoms with Gasteiger partial charge in [-0.25, -0.2) is 8.42 Å². The van der Waals surface area contributed by atoms with Crippen LogP contribution in [0.2, 0.25) is 0 Å². The average Bonchev–Trinajstić information content (AvgIpc) is 2.72. The molecular formula is C20H25NO7S. The van der Waals surface area contributed by atoms with Gasteiger partial charge in [0.05, 0.1) is 38.0 Å². The van der Waals surface area contributed by atoms with Crippen molar-refractivity contribution < 1.29 is 32.2 Å². The van der Waals surface area contributed by atoms with Gasteiger partial charge in [0.1, 0.15) is 12.3 Å². The number of hydrogen-bond donors (Lipinski definition) is 0. The van der Waals surface area contributed by atoms with E-state index in [4.69, 9.17) is 18.9 Å². The summed E-state index contributed by atoms with van der Waals surface area (Å²) in [5, 5.41) is 0. The van der Waals surface area contributed by atoms with Crippen molar-refractivity contribution in [1.29, 1.82) is 0 Å². The van der Waals surface area contributed by atoms with Gasteiger partial charge in [0.2, 0.25) is 0 Å². The SMILES string of the molecule is CCOC(=O)CN(c1ccc(OC)c(OC)c1)S(=O)(=O)c1ccc(OCC)cc1. The van der Waals surface area contributed by atoms with Crippen LogP contribution in [0, 0.1) is 0 Å². The fourth-order valence-corrected chi connectivity index (χ4v) is 4.02. The van der Waals surface area contributed by atoms with Crippen LogP contribution in [0.5, 0.6) is 17.2 Å². The van der Waals surface area contributed by atoms with Crippen LogP contribution in [-0.2, 0) is 19.6 Å². The molecule has 9 heteroatoms. The number of sulfonamides is 1. The highest BCUT2D eigenvalue weighted by Gasteiger charge is 2.28. The summed E-state index contributed by atoms with van der Waals surface area (Å²) in [5.74, 6) is 0.651. The van der Waals surface area contributed by atoms with Crippen LogP contribution in [0.3, 0.4) is 0 Å². The molecule has 0 aliphatic rings. The molecule has 0 radical (unpaired) electrons.